The van der Waals surface area contributed by atoms with Crippen LogP contribution < -0.4 is 10.1 Å². The van der Waals surface area contributed by atoms with Crippen LogP contribution in [0.15, 0.2) is 24.3 Å². The lowest BCUT2D eigenvalue weighted by atomic mass is 10.1. The molecule has 1 N–H and O–H groups in total. The zero-order valence-electron chi connectivity index (χ0n) is 10.2. The summed E-state index contributed by atoms with van der Waals surface area (Å²) in [6.07, 6.45) is 2.69. The molecule has 1 saturated carbocycles. The molecule has 0 bridgehead atoms. The van der Waals surface area contributed by atoms with Gasteiger partial charge >= 0.3 is 0 Å². The van der Waals surface area contributed by atoms with Crippen molar-refractivity contribution in [1.29, 1.82) is 0 Å². The number of ether oxygens (including phenoxy) is 1. The molecule has 0 aromatic heterocycles. The molecule has 0 saturated heterocycles. The number of rotatable bonds is 6. The Morgan fingerprint density at radius 2 is 2.00 bits per heavy atom. The summed E-state index contributed by atoms with van der Waals surface area (Å²) < 4.78 is 5.70. The molecule has 16 heavy (non-hydrogen) atoms. The zero-order valence-corrected chi connectivity index (χ0v) is 10.2. The topological polar surface area (TPSA) is 21.3 Å². The minimum Gasteiger partial charge on any atom is -0.493 e. The van der Waals surface area contributed by atoms with Crippen molar-refractivity contribution in [1.82, 2.24) is 5.32 Å². The molecule has 1 fully saturated rings. The molecule has 1 aliphatic carbocycles. The van der Waals surface area contributed by atoms with Crippen molar-refractivity contribution in [3.05, 3.63) is 29.8 Å². The van der Waals surface area contributed by atoms with Gasteiger partial charge in [0.05, 0.1) is 6.61 Å². The van der Waals surface area contributed by atoms with Gasteiger partial charge in [-0.05, 0) is 49.9 Å². The summed E-state index contributed by atoms with van der Waals surface area (Å²) in [6.45, 7) is 6.20. The van der Waals surface area contributed by atoms with Gasteiger partial charge in [0, 0.05) is 6.04 Å². The maximum absolute atomic E-state index is 5.70. The van der Waals surface area contributed by atoms with Crippen LogP contribution in [0, 0.1) is 5.92 Å². The Hall–Kier alpha value is -1.02. The highest BCUT2D eigenvalue weighted by atomic mass is 16.5. The number of benzene rings is 1. The van der Waals surface area contributed by atoms with E-state index < -0.39 is 0 Å². The Balaban J connectivity index is 1.87. The Morgan fingerprint density at radius 3 is 2.56 bits per heavy atom. The summed E-state index contributed by atoms with van der Waals surface area (Å²) in [6, 6.07) is 8.87. The fourth-order valence-electron chi connectivity index (χ4n) is 1.78. The van der Waals surface area contributed by atoms with Gasteiger partial charge in [-0.15, -0.1) is 0 Å². The zero-order chi connectivity index (χ0) is 11.4. The van der Waals surface area contributed by atoms with E-state index in [1.807, 2.05) is 0 Å². The fourth-order valence-corrected chi connectivity index (χ4v) is 1.78. The Labute approximate surface area is 98.0 Å². The molecule has 0 heterocycles. The molecule has 0 spiro atoms. The van der Waals surface area contributed by atoms with E-state index >= 15 is 0 Å². The minimum atomic E-state index is 0.419. The predicted octanol–water partition coefficient (Wildman–Crippen LogP) is 3.15. The molecule has 2 rings (SSSR count). The monoisotopic (exact) mass is 219 g/mol. The smallest absolute Gasteiger partial charge is 0.119 e. The van der Waals surface area contributed by atoms with Gasteiger partial charge in [0.2, 0.25) is 0 Å². The van der Waals surface area contributed by atoms with Crippen LogP contribution in [-0.2, 0) is 0 Å². The van der Waals surface area contributed by atoms with Crippen molar-refractivity contribution >= 4 is 0 Å². The number of hydrogen-bond donors (Lipinski definition) is 1. The first kappa shape index (κ1) is 11.5. The fraction of sp³-hybridized carbons (Fsp3) is 0.571. The molecule has 0 amide bonds. The molecule has 2 nitrogen and oxygen atoms in total. The van der Waals surface area contributed by atoms with E-state index in [2.05, 4.69) is 43.4 Å². The second-order valence-electron chi connectivity index (χ2n) is 4.60. The first-order valence-electron chi connectivity index (χ1n) is 6.25. The lowest BCUT2D eigenvalue weighted by molar-refractivity contribution is 0.299. The molecule has 0 aliphatic heterocycles. The molecule has 88 valence electrons. The van der Waals surface area contributed by atoms with Crippen LogP contribution >= 0.6 is 0 Å². The van der Waals surface area contributed by atoms with Crippen molar-refractivity contribution in [2.45, 2.75) is 32.7 Å². The van der Waals surface area contributed by atoms with Gasteiger partial charge in [-0.3, -0.25) is 0 Å². The summed E-state index contributed by atoms with van der Waals surface area (Å²) in [4.78, 5) is 0. The van der Waals surface area contributed by atoms with Gasteiger partial charge in [-0.2, -0.15) is 0 Å². The van der Waals surface area contributed by atoms with Crippen LogP contribution in [0.1, 0.15) is 38.3 Å². The van der Waals surface area contributed by atoms with E-state index in [1.54, 1.807) is 0 Å². The lowest BCUT2D eigenvalue weighted by Crippen LogP contribution is -2.17. The third kappa shape index (κ3) is 3.24. The Kier molecular flexibility index (Phi) is 3.83. The molecule has 1 aromatic carbocycles. The van der Waals surface area contributed by atoms with Crippen molar-refractivity contribution in [2.75, 3.05) is 13.2 Å². The second-order valence-corrected chi connectivity index (χ2v) is 4.60. The average molecular weight is 219 g/mol. The van der Waals surface area contributed by atoms with E-state index in [9.17, 15) is 0 Å². The number of nitrogens with one attached hydrogen (secondary N) is 1. The summed E-state index contributed by atoms with van der Waals surface area (Å²) in [5.74, 6) is 1.82. The van der Waals surface area contributed by atoms with Gasteiger partial charge in [-0.1, -0.05) is 19.1 Å². The van der Waals surface area contributed by atoms with Crippen LogP contribution in [0.2, 0.25) is 0 Å². The standard InChI is InChI=1S/C14H21NO/c1-3-15-11(2)13-6-8-14(9-7-13)16-10-12-4-5-12/h6-9,11-12,15H,3-5,10H2,1-2H3. The van der Waals surface area contributed by atoms with Crippen LogP contribution in [0.3, 0.4) is 0 Å². The predicted molar refractivity (Wildman–Crippen MR) is 66.8 cm³/mol. The van der Waals surface area contributed by atoms with Gasteiger partial charge in [-0.25, -0.2) is 0 Å². The highest BCUT2D eigenvalue weighted by Gasteiger charge is 2.21. The van der Waals surface area contributed by atoms with Crippen LogP contribution in [0.4, 0.5) is 0 Å². The third-order valence-electron chi connectivity index (χ3n) is 3.07. The largest absolute Gasteiger partial charge is 0.493 e. The van der Waals surface area contributed by atoms with E-state index in [1.165, 1.54) is 18.4 Å². The summed E-state index contributed by atoms with van der Waals surface area (Å²) in [5.41, 5.74) is 1.32. The van der Waals surface area contributed by atoms with Crippen molar-refractivity contribution in [3.63, 3.8) is 0 Å². The maximum Gasteiger partial charge on any atom is 0.119 e. The highest BCUT2D eigenvalue weighted by Crippen LogP contribution is 2.29. The van der Waals surface area contributed by atoms with Gasteiger partial charge in [0.1, 0.15) is 5.75 Å². The first-order chi connectivity index (χ1) is 7.79. The highest BCUT2D eigenvalue weighted by molar-refractivity contribution is 5.29. The molecule has 1 unspecified atom stereocenters. The normalized spacial score (nSPS) is 17.1. The van der Waals surface area contributed by atoms with Crippen molar-refractivity contribution in [2.24, 2.45) is 5.92 Å². The molecule has 1 aromatic rings. The molecular weight excluding hydrogens is 198 g/mol. The molecule has 1 atom stereocenters. The van der Waals surface area contributed by atoms with E-state index in [0.717, 1.165) is 24.8 Å². The Morgan fingerprint density at radius 1 is 1.31 bits per heavy atom. The van der Waals surface area contributed by atoms with Gasteiger partial charge < -0.3 is 10.1 Å². The number of hydrogen-bond acceptors (Lipinski definition) is 2. The second kappa shape index (κ2) is 5.35. The van der Waals surface area contributed by atoms with E-state index in [-0.39, 0.29) is 0 Å². The van der Waals surface area contributed by atoms with Crippen LogP contribution in [0.25, 0.3) is 0 Å². The first-order valence-corrected chi connectivity index (χ1v) is 6.25. The van der Waals surface area contributed by atoms with Gasteiger partial charge in [0.15, 0.2) is 0 Å². The van der Waals surface area contributed by atoms with E-state index in [0.29, 0.717) is 6.04 Å². The summed E-state index contributed by atoms with van der Waals surface area (Å²) >= 11 is 0. The SMILES string of the molecule is CCNC(C)c1ccc(OCC2CC2)cc1. The third-order valence-corrected chi connectivity index (χ3v) is 3.07. The maximum atomic E-state index is 5.70. The average Bonchev–Trinajstić information content (AvgIpc) is 3.11. The quantitative estimate of drug-likeness (QED) is 0.793. The van der Waals surface area contributed by atoms with Crippen LogP contribution in [0.5, 0.6) is 5.75 Å². The molecule has 1 aliphatic rings. The molecular formula is C14H21NO. The Bertz CT molecular complexity index is 316. The minimum absolute atomic E-state index is 0.419. The molecule has 0 radical (unpaired) electrons. The summed E-state index contributed by atoms with van der Waals surface area (Å²) in [7, 11) is 0. The molecule has 2 heteroatoms. The van der Waals surface area contributed by atoms with Crippen LogP contribution in [-0.4, -0.2) is 13.2 Å². The van der Waals surface area contributed by atoms with Crippen molar-refractivity contribution < 1.29 is 4.74 Å². The lowest BCUT2D eigenvalue weighted by Gasteiger charge is -2.13. The van der Waals surface area contributed by atoms with Crippen molar-refractivity contribution in [3.8, 4) is 5.75 Å². The van der Waals surface area contributed by atoms with Gasteiger partial charge in [0.25, 0.3) is 0 Å². The van der Waals surface area contributed by atoms with E-state index in [4.69, 9.17) is 4.74 Å². The summed E-state index contributed by atoms with van der Waals surface area (Å²) in [5, 5.41) is 3.40.